The Hall–Kier alpha value is -2.69. The Morgan fingerprint density at radius 2 is 1.78 bits per heavy atom. The van der Waals surface area contributed by atoms with Gasteiger partial charge in [0.1, 0.15) is 5.82 Å². The number of nitrogens with one attached hydrogen (secondary N) is 1. The molecule has 0 saturated heterocycles. The predicted octanol–water partition coefficient (Wildman–Crippen LogP) is 2.51. The molecule has 2 rings (SSSR count). The van der Waals surface area contributed by atoms with Crippen molar-refractivity contribution in [1.29, 1.82) is 0 Å². The molecule has 2 aromatic carbocycles. The molecule has 0 fully saturated rings. The summed E-state index contributed by atoms with van der Waals surface area (Å²) < 4.78 is 17.5. The van der Waals surface area contributed by atoms with Crippen LogP contribution in [0.5, 0.6) is 0 Å². The first kappa shape index (κ1) is 16.7. The largest absolute Gasteiger partial charge is 0.465 e. The maximum atomic E-state index is 12.8. The van der Waals surface area contributed by atoms with Crippen molar-refractivity contribution in [2.75, 3.05) is 13.7 Å². The molecule has 0 unspecified atom stereocenters. The smallest absolute Gasteiger partial charge is 0.338 e. The van der Waals surface area contributed by atoms with Crippen LogP contribution in [0.1, 0.15) is 21.5 Å². The summed E-state index contributed by atoms with van der Waals surface area (Å²) in [6.07, 6.45) is 0.722. The van der Waals surface area contributed by atoms with Gasteiger partial charge in [0.2, 0.25) is 5.91 Å². The number of ether oxygens (including phenoxy) is 1. The Morgan fingerprint density at radius 3 is 2.48 bits per heavy atom. The predicted molar refractivity (Wildman–Crippen MR) is 84.6 cm³/mol. The molecule has 0 saturated carbocycles. The maximum absolute atomic E-state index is 12.8. The van der Waals surface area contributed by atoms with Gasteiger partial charge in [-0.05, 0) is 35.7 Å². The van der Waals surface area contributed by atoms with Crippen LogP contribution in [-0.2, 0) is 22.4 Å². The van der Waals surface area contributed by atoms with E-state index < -0.39 is 5.97 Å². The van der Waals surface area contributed by atoms with Crippen LogP contribution in [0.15, 0.2) is 48.5 Å². The van der Waals surface area contributed by atoms with E-state index in [0.29, 0.717) is 24.1 Å². The van der Waals surface area contributed by atoms with Gasteiger partial charge in [-0.2, -0.15) is 0 Å². The lowest BCUT2D eigenvalue weighted by Gasteiger charge is -2.09. The van der Waals surface area contributed by atoms with E-state index >= 15 is 0 Å². The third-order valence-electron chi connectivity index (χ3n) is 3.42. The Morgan fingerprint density at radius 1 is 1.09 bits per heavy atom. The van der Waals surface area contributed by atoms with Crippen LogP contribution in [-0.4, -0.2) is 25.5 Å². The fourth-order valence-corrected chi connectivity index (χ4v) is 2.22. The molecule has 0 radical (unpaired) electrons. The zero-order valence-corrected chi connectivity index (χ0v) is 12.8. The highest BCUT2D eigenvalue weighted by Crippen LogP contribution is 2.11. The summed E-state index contributed by atoms with van der Waals surface area (Å²) in [6.45, 7) is 0.449. The van der Waals surface area contributed by atoms with Gasteiger partial charge in [0.05, 0.1) is 19.1 Å². The molecule has 0 bridgehead atoms. The minimum Gasteiger partial charge on any atom is -0.465 e. The molecule has 4 nitrogen and oxygen atoms in total. The molecule has 2 aromatic rings. The van der Waals surface area contributed by atoms with E-state index in [2.05, 4.69) is 5.32 Å². The van der Waals surface area contributed by atoms with Crippen LogP contribution in [0.3, 0.4) is 0 Å². The molecule has 23 heavy (non-hydrogen) atoms. The van der Waals surface area contributed by atoms with E-state index in [9.17, 15) is 14.0 Å². The number of hydrogen-bond donors (Lipinski definition) is 1. The van der Waals surface area contributed by atoms with E-state index in [1.807, 2.05) is 0 Å². The molecule has 5 heteroatoms. The number of halogens is 1. The van der Waals surface area contributed by atoms with Crippen molar-refractivity contribution >= 4 is 11.9 Å². The first-order valence-electron chi connectivity index (χ1n) is 7.27. The van der Waals surface area contributed by atoms with Crippen molar-refractivity contribution in [1.82, 2.24) is 5.32 Å². The van der Waals surface area contributed by atoms with Gasteiger partial charge < -0.3 is 10.1 Å². The molecule has 0 atom stereocenters. The zero-order valence-electron chi connectivity index (χ0n) is 12.8. The van der Waals surface area contributed by atoms with Crippen LogP contribution >= 0.6 is 0 Å². The van der Waals surface area contributed by atoms with Gasteiger partial charge in [-0.25, -0.2) is 9.18 Å². The van der Waals surface area contributed by atoms with E-state index in [4.69, 9.17) is 4.74 Å². The molecule has 0 aromatic heterocycles. The van der Waals surface area contributed by atoms with Gasteiger partial charge >= 0.3 is 5.97 Å². The second-order valence-corrected chi connectivity index (χ2v) is 5.05. The van der Waals surface area contributed by atoms with Gasteiger partial charge in [0.25, 0.3) is 0 Å². The number of rotatable bonds is 6. The van der Waals surface area contributed by atoms with Gasteiger partial charge in [-0.3, -0.25) is 4.79 Å². The lowest BCUT2D eigenvalue weighted by Crippen LogP contribution is -2.27. The van der Waals surface area contributed by atoms with Crippen molar-refractivity contribution in [3.05, 3.63) is 71.0 Å². The van der Waals surface area contributed by atoms with Gasteiger partial charge in [0, 0.05) is 6.54 Å². The first-order valence-corrected chi connectivity index (χ1v) is 7.27. The molecule has 0 aliphatic heterocycles. The Kier molecular flexibility index (Phi) is 5.86. The van der Waals surface area contributed by atoms with Crippen molar-refractivity contribution in [3.63, 3.8) is 0 Å². The summed E-state index contributed by atoms with van der Waals surface area (Å²) in [5.74, 6) is -0.916. The molecule has 1 N–H and O–H groups in total. The average Bonchev–Trinajstić information content (AvgIpc) is 2.56. The quantitative estimate of drug-likeness (QED) is 0.833. The average molecular weight is 315 g/mol. The molecular weight excluding hydrogens is 297 g/mol. The highest BCUT2D eigenvalue weighted by atomic mass is 19.1. The number of esters is 1. The monoisotopic (exact) mass is 315 g/mol. The standard InChI is InChI=1S/C18H18FNO3/c1-23-18(22)16-5-3-2-4-14(16)12-17(21)20-11-10-13-6-8-15(19)9-7-13/h2-9H,10-12H2,1H3,(H,20,21). The van der Waals surface area contributed by atoms with Crippen molar-refractivity contribution < 1.29 is 18.7 Å². The topological polar surface area (TPSA) is 55.4 Å². The van der Waals surface area contributed by atoms with Crippen LogP contribution in [0.25, 0.3) is 0 Å². The fourth-order valence-electron chi connectivity index (χ4n) is 2.22. The number of carbonyl (C=O) groups excluding carboxylic acids is 2. The molecule has 120 valence electrons. The molecule has 0 spiro atoms. The number of benzene rings is 2. The molecular formula is C18H18FNO3. The van der Waals surface area contributed by atoms with Crippen molar-refractivity contribution in [2.45, 2.75) is 12.8 Å². The summed E-state index contributed by atoms with van der Waals surface area (Å²) in [4.78, 5) is 23.7. The van der Waals surface area contributed by atoms with Crippen LogP contribution < -0.4 is 5.32 Å². The second-order valence-electron chi connectivity index (χ2n) is 5.05. The number of carbonyl (C=O) groups is 2. The van der Waals surface area contributed by atoms with E-state index in [1.165, 1.54) is 19.2 Å². The van der Waals surface area contributed by atoms with Crippen molar-refractivity contribution in [2.24, 2.45) is 0 Å². The SMILES string of the molecule is COC(=O)c1ccccc1CC(=O)NCCc1ccc(F)cc1. The third kappa shape index (κ3) is 4.92. The van der Waals surface area contributed by atoms with E-state index in [0.717, 1.165) is 5.56 Å². The Labute approximate surface area is 134 Å². The summed E-state index contributed by atoms with van der Waals surface area (Å²) in [6, 6.07) is 13.0. The second kappa shape index (κ2) is 8.08. The Balaban J connectivity index is 1.88. The molecule has 0 heterocycles. The molecule has 0 aliphatic rings. The Bertz CT molecular complexity index is 683. The molecule has 0 aliphatic carbocycles. The van der Waals surface area contributed by atoms with E-state index in [1.54, 1.807) is 36.4 Å². The van der Waals surface area contributed by atoms with Crippen LogP contribution in [0.2, 0.25) is 0 Å². The minimum absolute atomic E-state index is 0.106. The van der Waals surface area contributed by atoms with Crippen LogP contribution in [0.4, 0.5) is 4.39 Å². The molecule has 1 amide bonds. The highest BCUT2D eigenvalue weighted by Gasteiger charge is 2.13. The zero-order chi connectivity index (χ0) is 16.7. The lowest BCUT2D eigenvalue weighted by atomic mass is 10.0. The van der Waals surface area contributed by atoms with Gasteiger partial charge in [-0.1, -0.05) is 30.3 Å². The number of amides is 1. The summed E-state index contributed by atoms with van der Waals surface area (Å²) >= 11 is 0. The number of methoxy groups -OCH3 is 1. The van der Waals surface area contributed by atoms with E-state index in [-0.39, 0.29) is 18.1 Å². The normalized spacial score (nSPS) is 10.2. The summed E-state index contributed by atoms with van der Waals surface area (Å²) in [5, 5.41) is 2.79. The minimum atomic E-state index is -0.459. The maximum Gasteiger partial charge on any atom is 0.338 e. The lowest BCUT2D eigenvalue weighted by molar-refractivity contribution is -0.120. The summed E-state index contributed by atoms with van der Waals surface area (Å²) in [7, 11) is 1.31. The van der Waals surface area contributed by atoms with Gasteiger partial charge in [-0.15, -0.1) is 0 Å². The number of hydrogen-bond acceptors (Lipinski definition) is 3. The first-order chi connectivity index (χ1) is 11.1. The third-order valence-corrected chi connectivity index (χ3v) is 3.42. The summed E-state index contributed by atoms with van der Waals surface area (Å²) in [5.41, 5.74) is 1.96. The highest BCUT2D eigenvalue weighted by molar-refractivity contribution is 5.93. The fraction of sp³-hybridized carbons (Fsp3) is 0.222. The van der Waals surface area contributed by atoms with Gasteiger partial charge in [0.15, 0.2) is 0 Å². The van der Waals surface area contributed by atoms with Crippen LogP contribution in [0, 0.1) is 5.82 Å². The van der Waals surface area contributed by atoms with Crippen molar-refractivity contribution in [3.8, 4) is 0 Å².